The number of nitro benzene ring substituents is 1. The molecule has 0 bridgehead atoms. The molecule has 1 aliphatic rings. The number of carbonyl (C=O) groups excluding carboxylic acids is 1. The number of halogens is 5. The molecule has 1 saturated heterocycles. The number of alkyl halides is 3. The first-order valence-electron chi connectivity index (χ1n) is 12.9. The Labute approximate surface area is 255 Å². The number of carbonyl (C=O) groups is 1. The number of rotatable bonds is 9. The fourth-order valence-corrected chi connectivity index (χ4v) is 6.47. The second-order valence-corrected chi connectivity index (χ2v) is 12.7. The van der Waals surface area contributed by atoms with Crippen LogP contribution in [0.4, 0.5) is 24.5 Å². The Morgan fingerprint density at radius 2 is 1.47 bits per heavy atom. The molecule has 1 aliphatic heterocycles. The van der Waals surface area contributed by atoms with Crippen LogP contribution in [0.25, 0.3) is 0 Å². The van der Waals surface area contributed by atoms with Gasteiger partial charge in [-0.05, 0) is 65.8 Å². The molecule has 0 unspecified atom stereocenters. The average Bonchev–Trinajstić information content (AvgIpc) is 2.97. The van der Waals surface area contributed by atoms with Gasteiger partial charge in [-0.15, -0.1) is 0 Å². The maximum Gasteiger partial charge on any atom is 0.511 e. The standard InChI is InChI=1S/C28H26Cl2F3N3O6S/c1-42-26(37)27(19-2-7-22(29)8-3-19,20-4-9-23(30)10-5-20)21-6-11-25(36(38)39)24(16-21)34-17-18-12-14-35(15-13-18)43(40,41)28(31,32)33/h2-11,16,18,34H,12-15,17H2,1H3. The van der Waals surface area contributed by atoms with E-state index in [0.717, 1.165) is 0 Å². The van der Waals surface area contributed by atoms with Crippen LogP contribution in [0.5, 0.6) is 0 Å². The van der Waals surface area contributed by atoms with E-state index in [1.165, 1.54) is 25.3 Å². The van der Waals surface area contributed by atoms with Gasteiger partial charge in [0, 0.05) is 35.7 Å². The average molecular weight is 660 g/mol. The predicted molar refractivity (Wildman–Crippen MR) is 156 cm³/mol. The first-order valence-corrected chi connectivity index (χ1v) is 15.1. The molecule has 3 aromatic carbocycles. The Hall–Kier alpha value is -3.39. The third-order valence-electron chi connectivity index (χ3n) is 7.46. The first kappa shape index (κ1) is 32.5. The number of anilines is 1. The summed E-state index contributed by atoms with van der Waals surface area (Å²) in [5, 5.41) is 15.8. The zero-order valence-electron chi connectivity index (χ0n) is 22.6. The molecule has 0 aliphatic carbocycles. The molecule has 3 aromatic rings. The van der Waals surface area contributed by atoms with Crippen LogP contribution in [0.1, 0.15) is 29.5 Å². The Morgan fingerprint density at radius 1 is 0.977 bits per heavy atom. The lowest BCUT2D eigenvalue weighted by molar-refractivity contribution is -0.384. The third kappa shape index (κ3) is 6.44. The van der Waals surface area contributed by atoms with Gasteiger partial charge in [0.2, 0.25) is 0 Å². The molecule has 1 heterocycles. The molecule has 0 spiro atoms. The monoisotopic (exact) mass is 659 g/mol. The van der Waals surface area contributed by atoms with E-state index in [-0.39, 0.29) is 49.8 Å². The number of ether oxygens (including phenoxy) is 1. The largest absolute Gasteiger partial charge is 0.511 e. The van der Waals surface area contributed by atoms with Crippen LogP contribution in [0.3, 0.4) is 0 Å². The number of piperidine rings is 1. The van der Waals surface area contributed by atoms with Crippen LogP contribution in [0, 0.1) is 16.0 Å². The summed E-state index contributed by atoms with van der Waals surface area (Å²) in [6, 6.07) is 17.1. The van der Waals surface area contributed by atoms with Crippen LogP contribution in [-0.2, 0) is 25.0 Å². The van der Waals surface area contributed by atoms with Gasteiger partial charge < -0.3 is 10.1 Å². The van der Waals surface area contributed by atoms with E-state index in [4.69, 9.17) is 27.9 Å². The number of benzene rings is 3. The predicted octanol–water partition coefficient (Wildman–Crippen LogP) is 6.38. The van der Waals surface area contributed by atoms with E-state index >= 15 is 0 Å². The molecule has 0 amide bonds. The molecular formula is C28H26Cl2F3N3O6S. The van der Waals surface area contributed by atoms with Crippen molar-refractivity contribution >= 4 is 50.6 Å². The van der Waals surface area contributed by atoms with E-state index < -0.39 is 31.8 Å². The van der Waals surface area contributed by atoms with E-state index in [1.807, 2.05) is 0 Å². The zero-order chi connectivity index (χ0) is 31.6. The Balaban J connectivity index is 1.73. The maximum absolute atomic E-state index is 13.7. The highest BCUT2D eigenvalue weighted by Crippen LogP contribution is 2.43. The second kappa shape index (κ2) is 12.7. The number of nitro groups is 1. The van der Waals surface area contributed by atoms with Gasteiger partial charge in [0.1, 0.15) is 11.1 Å². The minimum atomic E-state index is -5.44. The SMILES string of the molecule is COC(=O)C(c1ccc(Cl)cc1)(c1ccc(Cl)cc1)c1ccc([N+](=O)[O-])c(NCC2CCN(S(=O)(=O)C(F)(F)F)CC2)c1. The highest BCUT2D eigenvalue weighted by molar-refractivity contribution is 7.90. The lowest BCUT2D eigenvalue weighted by atomic mass is 9.69. The molecule has 0 aromatic heterocycles. The van der Waals surface area contributed by atoms with E-state index in [9.17, 15) is 36.5 Å². The molecule has 9 nitrogen and oxygen atoms in total. The molecule has 0 radical (unpaired) electrons. The summed E-state index contributed by atoms with van der Waals surface area (Å²) in [4.78, 5) is 25.1. The summed E-state index contributed by atoms with van der Waals surface area (Å²) >= 11 is 12.3. The number of hydrogen-bond donors (Lipinski definition) is 1. The van der Waals surface area contributed by atoms with Crippen molar-refractivity contribution < 1.29 is 36.0 Å². The smallest absolute Gasteiger partial charge is 0.468 e. The summed E-state index contributed by atoms with van der Waals surface area (Å²) in [6.07, 6.45) is 0.217. The minimum Gasteiger partial charge on any atom is -0.468 e. The molecule has 0 atom stereocenters. The van der Waals surface area contributed by atoms with Gasteiger partial charge in [-0.1, -0.05) is 53.5 Å². The molecule has 1 fully saturated rings. The van der Waals surface area contributed by atoms with Gasteiger partial charge in [0.05, 0.1) is 12.0 Å². The van der Waals surface area contributed by atoms with Gasteiger partial charge in [-0.3, -0.25) is 14.9 Å². The van der Waals surface area contributed by atoms with Crippen molar-refractivity contribution in [1.82, 2.24) is 4.31 Å². The van der Waals surface area contributed by atoms with Gasteiger partial charge in [0.25, 0.3) is 5.69 Å². The molecule has 0 saturated carbocycles. The molecule has 230 valence electrons. The fraction of sp³-hybridized carbons (Fsp3) is 0.321. The number of nitrogens with zero attached hydrogens (tertiary/aromatic N) is 2. The molecule has 15 heteroatoms. The fourth-order valence-electron chi connectivity index (χ4n) is 5.23. The van der Waals surface area contributed by atoms with Crippen molar-refractivity contribution in [1.29, 1.82) is 0 Å². The van der Waals surface area contributed by atoms with Crippen molar-refractivity contribution in [2.75, 3.05) is 32.1 Å². The highest BCUT2D eigenvalue weighted by atomic mass is 35.5. The number of sulfonamides is 1. The van der Waals surface area contributed by atoms with E-state index in [0.29, 0.717) is 31.0 Å². The lowest BCUT2D eigenvalue weighted by Gasteiger charge is -2.33. The van der Waals surface area contributed by atoms with Crippen molar-refractivity contribution in [3.63, 3.8) is 0 Å². The number of nitrogens with one attached hydrogen (secondary N) is 1. The van der Waals surface area contributed by atoms with Crippen LogP contribution < -0.4 is 5.32 Å². The maximum atomic E-state index is 13.7. The quantitative estimate of drug-likeness (QED) is 0.122. The van der Waals surface area contributed by atoms with Gasteiger partial charge in [0.15, 0.2) is 0 Å². The summed E-state index contributed by atoms with van der Waals surface area (Å²) < 4.78 is 68.0. The number of hydrogen-bond acceptors (Lipinski definition) is 7. The summed E-state index contributed by atoms with van der Waals surface area (Å²) in [6.45, 7) is -0.568. The topological polar surface area (TPSA) is 119 Å². The van der Waals surface area contributed by atoms with Gasteiger partial charge in [-0.25, -0.2) is 8.42 Å². The first-order chi connectivity index (χ1) is 20.2. The zero-order valence-corrected chi connectivity index (χ0v) is 24.9. The van der Waals surface area contributed by atoms with Crippen molar-refractivity contribution in [2.24, 2.45) is 5.92 Å². The van der Waals surface area contributed by atoms with E-state index in [1.54, 1.807) is 48.5 Å². The van der Waals surface area contributed by atoms with Crippen LogP contribution in [-0.4, -0.2) is 55.9 Å². The van der Waals surface area contributed by atoms with Crippen molar-refractivity contribution in [3.05, 3.63) is 104 Å². The Bertz CT molecular complexity index is 1550. The molecule has 43 heavy (non-hydrogen) atoms. The third-order valence-corrected chi connectivity index (χ3v) is 9.59. The van der Waals surface area contributed by atoms with E-state index in [2.05, 4.69) is 5.32 Å². The Morgan fingerprint density at radius 3 is 1.91 bits per heavy atom. The summed E-state index contributed by atoms with van der Waals surface area (Å²) in [5.41, 5.74) is -5.99. The lowest BCUT2D eigenvalue weighted by Crippen LogP contribution is -2.45. The van der Waals surface area contributed by atoms with Crippen LogP contribution >= 0.6 is 23.2 Å². The van der Waals surface area contributed by atoms with Crippen molar-refractivity contribution in [3.8, 4) is 0 Å². The van der Waals surface area contributed by atoms with Crippen molar-refractivity contribution in [2.45, 2.75) is 23.8 Å². The van der Waals surface area contributed by atoms with Crippen LogP contribution in [0.2, 0.25) is 10.0 Å². The summed E-state index contributed by atoms with van der Waals surface area (Å²) in [7, 11) is -4.21. The number of esters is 1. The van der Waals surface area contributed by atoms with Gasteiger partial charge >= 0.3 is 21.5 Å². The second-order valence-electron chi connectivity index (χ2n) is 9.92. The number of methoxy groups -OCH3 is 1. The minimum absolute atomic E-state index is 0.0593. The molecule has 1 N–H and O–H groups in total. The molecule has 4 rings (SSSR count). The van der Waals surface area contributed by atoms with Crippen LogP contribution in [0.15, 0.2) is 66.7 Å². The summed E-state index contributed by atoms with van der Waals surface area (Å²) in [5.74, 6) is -0.962. The molecular weight excluding hydrogens is 634 g/mol. The Kier molecular flexibility index (Phi) is 9.60. The highest BCUT2D eigenvalue weighted by Gasteiger charge is 2.50. The van der Waals surface area contributed by atoms with Gasteiger partial charge in [-0.2, -0.15) is 17.5 Å². The normalized spacial score (nSPS) is 15.2.